The van der Waals surface area contributed by atoms with Gasteiger partial charge in [0.2, 0.25) is 0 Å². The summed E-state index contributed by atoms with van der Waals surface area (Å²) in [5.41, 5.74) is 0.842. The molecule has 4 nitrogen and oxygen atoms in total. The number of rotatable bonds is 4. The molecule has 0 amide bonds. The first-order valence-electron chi connectivity index (χ1n) is 5.11. The Hall–Kier alpha value is -0.870. The highest BCUT2D eigenvalue weighted by atomic mass is 35.5. The summed E-state index contributed by atoms with van der Waals surface area (Å²) in [4.78, 5) is 8.67. The largest absolute Gasteiger partial charge is 0.395 e. The number of anilines is 1. The van der Waals surface area contributed by atoms with Crippen molar-refractivity contribution in [1.29, 1.82) is 0 Å². The van der Waals surface area contributed by atoms with Gasteiger partial charge in [-0.05, 0) is 19.8 Å². The molecule has 0 aliphatic heterocycles. The van der Waals surface area contributed by atoms with Crippen LogP contribution < -0.4 is 5.32 Å². The maximum absolute atomic E-state index is 8.74. The lowest BCUT2D eigenvalue weighted by molar-refractivity contribution is 0.311. The summed E-state index contributed by atoms with van der Waals surface area (Å²) < 4.78 is 0. The van der Waals surface area contributed by atoms with Gasteiger partial charge in [-0.2, -0.15) is 0 Å². The maximum atomic E-state index is 8.74. The number of hydrogen-bond acceptors (Lipinski definition) is 4. The molecule has 0 bridgehead atoms. The van der Waals surface area contributed by atoms with E-state index in [1.54, 1.807) is 0 Å². The highest BCUT2D eigenvalue weighted by Crippen LogP contribution is 2.39. The van der Waals surface area contributed by atoms with Gasteiger partial charge in [0.1, 0.15) is 16.8 Å². The topological polar surface area (TPSA) is 58.0 Å². The van der Waals surface area contributed by atoms with Gasteiger partial charge in [0.15, 0.2) is 0 Å². The van der Waals surface area contributed by atoms with Gasteiger partial charge in [-0.25, -0.2) is 9.97 Å². The van der Waals surface area contributed by atoms with Gasteiger partial charge in [-0.3, -0.25) is 0 Å². The summed E-state index contributed by atoms with van der Waals surface area (Å²) in [6, 6.07) is 0. The second-order valence-corrected chi connectivity index (χ2v) is 4.13. The predicted molar refractivity (Wildman–Crippen MR) is 59.3 cm³/mol. The monoisotopic (exact) mass is 227 g/mol. The summed E-state index contributed by atoms with van der Waals surface area (Å²) in [7, 11) is 0. The SMILES string of the molecule is Cc1c(Cl)nc(C2CC2)nc1NCCO. The molecular weight excluding hydrogens is 214 g/mol. The first-order chi connectivity index (χ1) is 7.22. The fourth-order valence-electron chi connectivity index (χ4n) is 1.38. The van der Waals surface area contributed by atoms with Gasteiger partial charge >= 0.3 is 0 Å². The minimum Gasteiger partial charge on any atom is -0.395 e. The average molecular weight is 228 g/mol. The van der Waals surface area contributed by atoms with Crippen LogP contribution in [0.15, 0.2) is 0 Å². The summed E-state index contributed by atoms with van der Waals surface area (Å²) in [6.07, 6.45) is 2.30. The van der Waals surface area contributed by atoms with E-state index in [2.05, 4.69) is 15.3 Å². The summed E-state index contributed by atoms with van der Waals surface area (Å²) in [5, 5.41) is 12.3. The third-order valence-electron chi connectivity index (χ3n) is 2.45. The number of aliphatic hydroxyl groups is 1. The molecule has 1 aliphatic carbocycles. The van der Waals surface area contributed by atoms with Crippen molar-refractivity contribution < 1.29 is 5.11 Å². The fraction of sp³-hybridized carbons (Fsp3) is 0.600. The van der Waals surface area contributed by atoms with E-state index in [0.29, 0.717) is 17.6 Å². The number of halogens is 1. The number of aromatic nitrogens is 2. The lowest BCUT2D eigenvalue weighted by Gasteiger charge is -2.09. The Morgan fingerprint density at radius 3 is 2.80 bits per heavy atom. The molecule has 1 aromatic heterocycles. The zero-order valence-electron chi connectivity index (χ0n) is 8.63. The third kappa shape index (κ3) is 2.38. The Bertz CT molecular complexity index is 366. The van der Waals surface area contributed by atoms with Gasteiger partial charge in [-0.15, -0.1) is 0 Å². The quantitative estimate of drug-likeness (QED) is 0.769. The number of aliphatic hydroxyl groups excluding tert-OH is 1. The van der Waals surface area contributed by atoms with Crippen molar-refractivity contribution in [2.24, 2.45) is 0 Å². The van der Waals surface area contributed by atoms with E-state index >= 15 is 0 Å². The van der Waals surface area contributed by atoms with Crippen LogP contribution >= 0.6 is 11.6 Å². The molecule has 0 aromatic carbocycles. The lowest BCUT2D eigenvalue weighted by atomic mass is 10.3. The fourth-order valence-corrected chi connectivity index (χ4v) is 1.55. The Balaban J connectivity index is 2.25. The van der Waals surface area contributed by atoms with Gasteiger partial charge in [0, 0.05) is 18.0 Å². The molecule has 0 saturated heterocycles. The minimum absolute atomic E-state index is 0.0832. The molecule has 0 spiro atoms. The van der Waals surface area contributed by atoms with Crippen LogP contribution in [-0.2, 0) is 0 Å². The van der Waals surface area contributed by atoms with Crippen molar-refractivity contribution in [1.82, 2.24) is 9.97 Å². The molecule has 82 valence electrons. The molecule has 1 aliphatic rings. The number of nitrogens with one attached hydrogen (secondary N) is 1. The lowest BCUT2D eigenvalue weighted by Crippen LogP contribution is -2.10. The molecule has 0 unspecified atom stereocenters. The van der Waals surface area contributed by atoms with E-state index in [1.165, 1.54) is 0 Å². The molecule has 2 rings (SSSR count). The minimum atomic E-state index is 0.0832. The zero-order chi connectivity index (χ0) is 10.8. The van der Waals surface area contributed by atoms with E-state index in [9.17, 15) is 0 Å². The van der Waals surface area contributed by atoms with Crippen LogP contribution in [0.1, 0.15) is 30.1 Å². The van der Waals surface area contributed by atoms with Crippen LogP contribution in [0.5, 0.6) is 0 Å². The highest BCUT2D eigenvalue weighted by molar-refractivity contribution is 6.30. The average Bonchev–Trinajstić information content (AvgIpc) is 3.03. The first kappa shape index (κ1) is 10.6. The zero-order valence-corrected chi connectivity index (χ0v) is 9.38. The van der Waals surface area contributed by atoms with E-state index in [0.717, 1.165) is 30.0 Å². The Morgan fingerprint density at radius 2 is 2.20 bits per heavy atom. The van der Waals surface area contributed by atoms with Crippen molar-refractivity contribution in [3.63, 3.8) is 0 Å². The molecule has 0 radical (unpaired) electrons. The second-order valence-electron chi connectivity index (χ2n) is 3.77. The Morgan fingerprint density at radius 1 is 1.47 bits per heavy atom. The molecule has 1 fully saturated rings. The van der Waals surface area contributed by atoms with Crippen LogP contribution in [0.25, 0.3) is 0 Å². The van der Waals surface area contributed by atoms with Gasteiger partial charge < -0.3 is 10.4 Å². The third-order valence-corrected chi connectivity index (χ3v) is 2.82. The normalized spacial score (nSPS) is 15.4. The van der Waals surface area contributed by atoms with Crippen LogP contribution in [0.3, 0.4) is 0 Å². The van der Waals surface area contributed by atoms with Crippen molar-refractivity contribution in [2.45, 2.75) is 25.7 Å². The van der Waals surface area contributed by atoms with E-state index in [4.69, 9.17) is 16.7 Å². The summed E-state index contributed by atoms with van der Waals surface area (Å²) >= 11 is 6.02. The second kappa shape index (κ2) is 4.33. The van der Waals surface area contributed by atoms with E-state index < -0.39 is 0 Å². The van der Waals surface area contributed by atoms with Gasteiger partial charge in [0.05, 0.1) is 6.61 Å². The van der Waals surface area contributed by atoms with Gasteiger partial charge in [0.25, 0.3) is 0 Å². The van der Waals surface area contributed by atoms with Crippen LogP contribution in [0.4, 0.5) is 5.82 Å². The molecule has 1 heterocycles. The molecule has 1 aromatic rings. The van der Waals surface area contributed by atoms with Crippen LogP contribution in [-0.4, -0.2) is 28.2 Å². The molecular formula is C10H14ClN3O. The van der Waals surface area contributed by atoms with Crippen LogP contribution in [0.2, 0.25) is 5.15 Å². The molecule has 0 atom stereocenters. The molecule has 15 heavy (non-hydrogen) atoms. The van der Waals surface area contributed by atoms with Crippen molar-refractivity contribution >= 4 is 17.4 Å². The molecule has 2 N–H and O–H groups in total. The molecule has 1 saturated carbocycles. The molecule has 5 heteroatoms. The maximum Gasteiger partial charge on any atom is 0.137 e. The van der Waals surface area contributed by atoms with Crippen molar-refractivity contribution in [3.8, 4) is 0 Å². The van der Waals surface area contributed by atoms with Crippen LogP contribution in [0, 0.1) is 6.92 Å². The Labute approximate surface area is 93.7 Å². The smallest absolute Gasteiger partial charge is 0.137 e. The predicted octanol–water partition coefficient (Wildman–Crippen LogP) is 1.72. The highest BCUT2D eigenvalue weighted by Gasteiger charge is 2.27. The van der Waals surface area contributed by atoms with Crippen molar-refractivity contribution in [3.05, 3.63) is 16.5 Å². The summed E-state index contributed by atoms with van der Waals surface area (Å²) in [6.45, 7) is 2.44. The Kier molecular flexibility index (Phi) is 3.07. The summed E-state index contributed by atoms with van der Waals surface area (Å²) in [5.74, 6) is 2.05. The van der Waals surface area contributed by atoms with E-state index in [1.807, 2.05) is 6.92 Å². The number of nitrogens with zero attached hydrogens (tertiary/aromatic N) is 2. The van der Waals surface area contributed by atoms with Crippen molar-refractivity contribution in [2.75, 3.05) is 18.5 Å². The number of hydrogen-bond donors (Lipinski definition) is 2. The van der Waals surface area contributed by atoms with E-state index in [-0.39, 0.29) is 6.61 Å². The first-order valence-corrected chi connectivity index (χ1v) is 5.49. The standard InChI is InChI=1S/C10H14ClN3O/c1-6-8(11)13-10(7-2-3-7)14-9(6)12-4-5-15/h7,15H,2-5H2,1H3,(H,12,13,14). The van der Waals surface area contributed by atoms with Gasteiger partial charge in [-0.1, -0.05) is 11.6 Å².